The predicted molar refractivity (Wildman–Crippen MR) is 96.7 cm³/mol. The summed E-state index contributed by atoms with van der Waals surface area (Å²) in [5, 5.41) is 13.1. The highest BCUT2D eigenvalue weighted by molar-refractivity contribution is 7.91. The van der Waals surface area contributed by atoms with Gasteiger partial charge in [0.05, 0.1) is 15.6 Å². The first-order chi connectivity index (χ1) is 12.7. The summed E-state index contributed by atoms with van der Waals surface area (Å²) in [7, 11) is -3.66. The maximum Gasteiger partial charge on any atom is 0.270 e. The van der Waals surface area contributed by atoms with E-state index < -0.39 is 38.4 Å². The third-order valence-corrected chi connectivity index (χ3v) is 5.51. The quantitative estimate of drug-likeness (QED) is 0.507. The summed E-state index contributed by atoms with van der Waals surface area (Å²) in [6.45, 7) is 0. The molecule has 0 radical (unpaired) electrons. The Kier molecular flexibility index (Phi) is 6.24. The van der Waals surface area contributed by atoms with E-state index in [1.807, 2.05) is 0 Å². The SMILES string of the molecule is NC(=O)[C@@H](CCS(=O)(=O)c1ccccc1)NC(=O)c1cccc([N+](=O)[O-])c1. The Morgan fingerprint density at radius 2 is 1.78 bits per heavy atom. The number of rotatable bonds is 8. The number of non-ortho nitro benzene ring substituents is 1. The van der Waals surface area contributed by atoms with E-state index in [2.05, 4.69) is 5.32 Å². The number of primary amides is 1. The van der Waals surface area contributed by atoms with Crippen molar-refractivity contribution in [2.45, 2.75) is 17.4 Å². The molecule has 0 bridgehead atoms. The first kappa shape index (κ1) is 20.0. The number of carbonyl (C=O) groups excluding carboxylic acids is 2. The Labute approximate surface area is 155 Å². The number of benzene rings is 2. The van der Waals surface area contributed by atoms with Crippen LogP contribution in [0.25, 0.3) is 0 Å². The number of nitrogens with zero attached hydrogens (tertiary/aromatic N) is 1. The molecule has 1 atom stereocenters. The summed E-state index contributed by atoms with van der Waals surface area (Å²) in [5.74, 6) is -2.07. The minimum atomic E-state index is -3.66. The monoisotopic (exact) mass is 391 g/mol. The molecule has 0 aromatic heterocycles. The smallest absolute Gasteiger partial charge is 0.270 e. The maximum absolute atomic E-state index is 12.3. The zero-order chi connectivity index (χ0) is 20.0. The topological polar surface area (TPSA) is 149 Å². The molecule has 0 unspecified atom stereocenters. The van der Waals surface area contributed by atoms with Crippen LogP contribution < -0.4 is 11.1 Å². The van der Waals surface area contributed by atoms with Gasteiger partial charge in [0.25, 0.3) is 11.6 Å². The highest BCUT2D eigenvalue weighted by Gasteiger charge is 2.23. The molecular formula is C17H17N3O6S. The van der Waals surface area contributed by atoms with Gasteiger partial charge in [0, 0.05) is 17.7 Å². The molecule has 142 valence electrons. The molecule has 0 spiro atoms. The number of amides is 2. The highest BCUT2D eigenvalue weighted by atomic mass is 32.2. The lowest BCUT2D eigenvalue weighted by molar-refractivity contribution is -0.384. The number of nitrogens with two attached hydrogens (primary N) is 1. The molecular weight excluding hydrogens is 374 g/mol. The van der Waals surface area contributed by atoms with Gasteiger partial charge in [-0.1, -0.05) is 24.3 Å². The molecule has 0 saturated carbocycles. The number of nitro benzene ring substituents is 1. The van der Waals surface area contributed by atoms with E-state index in [1.165, 1.54) is 30.3 Å². The van der Waals surface area contributed by atoms with Gasteiger partial charge in [0.15, 0.2) is 9.84 Å². The zero-order valence-corrected chi connectivity index (χ0v) is 14.9. The summed E-state index contributed by atoms with van der Waals surface area (Å²) in [6, 6.07) is 11.4. The largest absolute Gasteiger partial charge is 0.368 e. The van der Waals surface area contributed by atoms with Crippen LogP contribution in [0.3, 0.4) is 0 Å². The zero-order valence-electron chi connectivity index (χ0n) is 14.1. The summed E-state index contributed by atoms with van der Waals surface area (Å²) < 4.78 is 24.6. The van der Waals surface area contributed by atoms with E-state index in [0.717, 1.165) is 6.07 Å². The normalized spacial score (nSPS) is 12.1. The molecule has 0 aliphatic rings. The van der Waals surface area contributed by atoms with Crippen molar-refractivity contribution >= 4 is 27.3 Å². The molecule has 9 nitrogen and oxygen atoms in total. The van der Waals surface area contributed by atoms with E-state index >= 15 is 0 Å². The van der Waals surface area contributed by atoms with Crippen LogP contribution in [0.1, 0.15) is 16.8 Å². The average molecular weight is 391 g/mol. The fourth-order valence-electron chi connectivity index (χ4n) is 2.31. The van der Waals surface area contributed by atoms with Crippen molar-refractivity contribution in [1.82, 2.24) is 5.32 Å². The van der Waals surface area contributed by atoms with Crippen LogP contribution >= 0.6 is 0 Å². The van der Waals surface area contributed by atoms with Gasteiger partial charge in [0.2, 0.25) is 5.91 Å². The van der Waals surface area contributed by atoms with Crippen LogP contribution in [0.15, 0.2) is 59.5 Å². The maximum atomic E-state index is 12.3. The Hall–Kier alpha value is -3.27. The molecule has 2 aromatic carbocycles. The lowest BCUT2D eigenvalue weighted by Gasteiger charge is -2.15. The summed E-state index contributed by atoms with van der Waals surface area (Å²) in [6.07, 6.45) is -0.229. The number of sulfone groups is 1. The molecule has 0 fully saturated rings. The van der Waals surface area contributed by atoms with Gasteiger partial charge in [-0.25, -0.2) is 8.42 Å². The molecule has 2 aromatic rings. The predicted octanol–water partition coefficient (Wildman–Crippen LogP) is 1.04. The van der Waals surface area contributed by atoms with Gasteiger partial charge < -0.3 is 11.1 Å². The molecule has 2 amide bonds. The molecule has 0 aliphatic heterocycles. The second-order valence-corrected chi connectivity index (χ2v) is 7.77. The van der Waals surface area contributed by atoms with Gasteiger partial charge in [0.1, 0.15) is 6.04 Å². The lowest BCUT2D eigenvalue weighted by Crippen LogP contribution is -2.45. The van der Waals surface area contributed by atoms with Crippen LogP contribution in [0.2, 0.25) is 0 Å². The fourth-order valence-corrected chi connectivity index (χ4v) is 3.66. The lowest BCUT2D eigenvalue weighted by atomic mass is 10.1. The first-order valence-corrected chi connectivity index (χ1v) is 9.48. The third kappa shape index (κ3) is 5.35. The minimum Gasteiger partial charge on any atom is -0.368 e. The Morgan fingerprint density at radius 1 is 1.11 bits per heavy atom. The number of carbonyl (C=O) groups is 2. The number of nitro groups is 1. The van der Waals surface area contributed by atoms with Crippen molar-refractivity contribution in [3.05, 3.63) is 70.3 Å². The van der Waals surface area contributed by atoms with Crippen LogP contribution in [0, 0.1) is 10.1 Å². The van der Waals surface area contributed by atoms with Crippen molar-refractivity contribution < 1.29 is 22.9 Å². The molecule has 0 heterocycles. The van der Waals surface area contributed by atoms with Gasteiger partial charge in [-0.05, 0) is 24.6 Å². The van der Waals surface area contributed by atoms with E-state index in [-0.39, 0.29) is 22.6 Å². The second kappa shape index (κ2) is 8.41. The summed E-state index contributed by atoms with van der Waals surface area (Å²) >= 11 is 0. The Morgan fingerprint density at radius 3 is 2.37 bits per heavy atom. The van der Waals surface area contributed by atoms with E-state index in [9.17, 15) is 28.1 Å². The van der Waals surface area contributed by atoms with Crippen LogP contribution in [-0.2, 0) is 14.6 Å². The standard InChI is InChI=1S/C17H17N3O6S/c18-16(21)15(9-10-27(25,26)14-7-2-1-3-8-14)19-17(22)12-5-4-6-13(11-12)20(23)24/h1-8,11,15H,9-10H2,(H2,18,21)(H,19,22)/t15-/m1/s1. The molecule has 27 heavy (non-hydrogen) atoms. The summed E-state index contributed by atoms with van der Waals surface area (Å²) in [4.78, 5) is 34.1. The van der Waals surface area contributed by atoms with Crippen LogP contribution in [0.5, 0.6) is 0 Å². The second-order valence-electron chi connectivity index (χ2n) is 5.66. The van der Waals surface area contributed by atoms with Crippen LogP contribution in [0.4, 0.5) is 5.69 Å². The average Bonchev–Trinajstić information content (AvgIpc) is 2.65. The Bertz CT molecular complexity index is 960. The van der Waals surface area contributed by atoms with E-state index in [1.54, 1.807) is 18.2 Å². The molecule has 10 heteroatoms. The van der Waals surface area contributed by atoms with Crippen LogP contribution in [-0.4, -0.2) is 37.0 Å². The van der Waals surface area contributed by atoms with Crippen molar-refractivity contribution in [3.8, 4) is 0 Å². The van der Waals surface area contributed by atoms with Crippen molar-refractivity contribution in [1.29, 1.82) is 0 Å². The summed E-state index contributed by atoms with van der Waals surface area (Å²) in [5.41, 5.74) is 4.93. The molecule has 3 N–H and O–H groups in total. The molecule has 0 saturated heterocycles. The fraction of sp³-hybridized carbons (Fsp3) is 0.176. The van der Waals surface area contributed by atoms with Gasteiger partial charge in [-0.15, -0.1) is 0 Å². The minimum absolute atomic E-state index is 0.0404. The van der Waals surface area contributed by atoms with Crippen molar-refractivity contribution in [2.24, 2.45) is 5.73 Å². The van der Waals surface area contributed by atoms with E-state index in [0.29, 0.717) is 0 Å². The Balaban J connectivity index is 2.10. The van der Waals surface area contributed by atoms with Gasteiger partial charge >= 0.3 is 0 Å². The molecule has 0 aliphatic carbocycles. The van der Waals surface area contributed by atoms with Gasteiger partial charge in [-0.2, -0.15) is 0 Å². The van der Waals surface area contributed by atoms with Crippen molar-refractivity contribution in [2.75, 3.05) is 5.75 Å². The van der Waals surface area contributed by atoms with Crippen molar-refractivity contribution in [3.63, 3.8) is 0 Å². The molecule has 2 rings (SSSR count). The third-order valence-electron chi connectivity index (χ3n) is 3.75. The number of hydrogen-bond acceptors (Lipinski definition) is 6. The van der Waals surface area contributed by atoms with E-state index in [4.69, 9.17) is 5.73 Å². The highest BCUT2D eigenvalue weighted by Crippen LogP contribution is 2.14. The number of hydrogen-bond donors (Lipinski definition) is 2. The van der Waals surface area contributed by atoms with Gasteiger partial charge in [-0.3, -0.25) is 19.7 Å². The number of nitrogens with one attached hydrogen (secondary N) is 1. The first-order valence-electron chi connectivity index (χ1n) is 7.83.